The van der Waals surface area contributed by atoms with Gasteiger partial charge in [-0.2, -0.15) is 28.2 Å². The highest BCUT2D eigenvalue weighted by atomic mass is 19.4. The third-order valence-corrected chi connectivity index (χ3v) is 4.72. The van der Waals surface area contributed by atoms with Crippen molar-refractivity contribution in [2.45, 2.75) is 12.1 Å². The smallest absolute Gasteiger partial charge is 0.422 e. The molecule has 1 aliphatic heterocycles. The Labute approximate surface area is 168 Å². The Balaban J connectivity index is 2.02. The van der Waals surface area contributed by atoms with Crippen LogP contribution in [0.15, 0.2) is 66.1 Å². The van der Waals surface area contributed by atoms with Crippen LogP contribution >= 0.6 is 0 Å². The Hall–Kier alpha value is -4.06. The molecule has 1 aliphatic rings. The van der Waals surface area contributed by atoms with E-state index in [-0.39, 0.29) is 22.9 Å². The zero-order chi connectivity index (χ0) is 21.5. The summed E-state index contributed by atoms with van der Waals surface area (Å²) in [5, 5.41) is 13.4. The quantitative estimate of drug-likeness (QED) is 0.661. The van der Waals surface area contributed by atoms with E-state index in [1.54, 1.807) is 30.3 Å². The average Bonchev–Trinajstić information content (AvgIpc) is 3.13. The second kappa shape index (κ2) is 7.08. The number of ether oxygens (including phenoxy) is 1. The molecule has 0 saturated heterocycles. The van der Waals surface area contributed by atoms with Crippen LogP contribution < -0.4 is 10.5 Å². The van der Waals surface area contributed by atoms with E-state index < -0.39 is 17.8 Å². The molecule has 30 heavy (non-hydrogen) atoms. The number of nitriles is 1. The minimum absolute atomic E-state index is 0.167. The number of rotatable bonds is 3. The molecular formula is C21H13F3N4O2. The van der Waals surface area contributed by atoms with Gasteiger partial charge in [0.1, 0.15) is 17.9 Å². The summed E-state index contributed by atoms with van der Waals surface area (Å²) in [5.74, 6) is -1.68. The first-order chi connectivity index (χ1) is 14.3. The molecule has 1 aromatic heterocycles. The number of hydrogen-bond acceptors (Lipinski definition) is 5. The number of alkyl halides is 3. The second-order valence-corrected chi connectivity index (χ2v) is 6.52. The third kappa shape index (κ3) is 3.08. The van der Waals surface area contributed by atoms with Crippen molar-refractivity contribution in [2.24, 2.45) is 5.73 Å². The van der Waals surface area contributed by atoms with Gasteiger partial charge in [0.05, 0.1) is 17.2 Å². The number of aromatic nitrogens is 2. The molecule has 2 aromatic carbocycles. The SMILES string of the molecule is N#CC1=C(N)Oc2c(c(C(F)(F)F)nn2-c2ccccc2)C1c1ccc(C=O)cc1. The highest BCUT2D eigenvalue weighted by Crippen LogP contribution is 2.48. The lowest BCUT2D eigenvalue weighted by Gasteiger charge is -2.25. The fraction of sp³-hybridized carbons (Fsp3) is 0.0952. The number of nitrogens with zero attached hydrogens (tertiary/aromatic N) is 3. The van der Waals surface area contributed by atoms with Crippen LogP contribution in [0.5, 0.6) is 5.88 Å². The summed E-state index contributed by atoms with van der Waals surface area (Å²) < 4.78 is 48.3. The van der Waals surface area contributed by atoms with E-state index in [4.69, 9.17) is 10.5 Å². The highest BCUT2D eigenvalue weighted by molar-refractivity contribution is 5.75. The number of allylic oxidation sites excluding steroid dienone is 1. The van der Waals surface area contributed by atoms with Crippen molar-refractivity contribution in [1.82, 2.24) is 9.78 Å². The number of carbonyl (C=O) groups excluding carboxylic acids is 1. The lowest BCUT2D eigenvalue weighted by molar-refractivity contribution is -0.142. The molecule has 0 aliphatic carbocycles. The molecule has 0 fully saturated rings. The summed E-state index contributed by atoms with van der Waals surface area (Å²) in [6, 6.07) is 15.9. The zero-order valence-corrected chi connectivity index (χ0v) is 15.2. The van der Waals surface area contributed by atoms with Crippen molar-refractivity contribution in [3.8, 4) is 17.6 Å². The predicted octanol–water partition coefficient (Wildman–Crippen LogP) is 3.92. The number of benzene rings is 2. The minimum atomic E-state index is -4.80. The first kappa shape index (κ1) is 19.3. The minimum Gasteiger partial charge on any atom is -0.422 e. The Morgan fingerprint density at radius 2 is 1.80 bits per heavy atom. The standard InChI is InChI=1S/C21H13F3N4O2/c22-21(23,24)18-17-16(13-8-6-12(11-29)7-9-13)15(10-25)19(26)30-20(17)28(27-18)14-4-2-1-3-5-14/h1-9,11,16H,26H2. The topological polar surface area (TPSA) is 93.9 Å². The number of carbonyl (C=O) groups is 1. The lowest BCUT2D eigenvalue weighted by Crippen LogP contribution is -2.23. The van der Waals surface area contributed by atoms with Crippen molar-refractivity contribution in [3.05, 3.63) is 88.4 Å². The Morgan fingerprint density at radius 1 is 1.13 bits per heavy atom. The molecule has 6 nitrogen and oxygen atoms in total. The van der Waals surface area contributed by atoms with Gasteiger partial charge in [0, 0.05) is 5.56 Å². The first-order valence-electron chi connectivity index (χ1n) is 8.73. The van der Waals surface area contributed by atoms with Gasteiger partial charge < -0.3 is 10.5 Å². The Morgan fingerprint density at radius 3 is 2.37 bits per heavy atom. The normalized spacial score (nSPS) is 15.9. The number of para-hydroxylation sites is 1. The second-order valence-electron chi connectivity index (χ2n) is 6.52. The van der Waals surface area contributed by atoms with Crippen LogP contribution in [-0.4, -0.2) is 16.1 Å². The van der Waals surface area contributed by atoms with Crippen LogP contribution in [0.3, 0.4) is 0 Å². The van der Waals surface area contributed by atoms with Crippen LogP contribution in [0.2, 0.25) is 0 Å². The number of aldehydes is 1. The van der Waals surface area contributed by atoms with Crippen molar-refractivity contribution in [2.75, 3.05) is 0 Å². The van der Waals surface area contributed by atoms with Crippen LogP contribution in [0, 0.1) is 11.3 Å². The van der Waals surface area contributed by atoms with Crippen molar-refractivity contribution in [3.63, 3.8) is 0 Å². The number of hydrogen-bond donors (Lipinski definition) is 1. The molecule has 0 bridgehead atoms. The molecule has 9 heteroatoms. The van der Waals surface area contributed by atoms with Crippen molar-refractivity contribution in [1.29, 1.82) is 5.26 Å². The van der Waals surface area contributed by atoms with E-state index in [2.05, 4.69) is 5.10 Å². The summed E-state index contributed by atoms with van der Waals surface area (Å²) in [4.78, 5) is 10.9. The summed E-state index contributed by atoms with van der Waals surface area (Å²) in [7, 11) is 0. The summed E-state index contributed by atoms with van der Waals surface area (Å²) in [6.45, 7) is 0. The highest BCUT2D eigenvalue weighted by Gasteiger charge is 2.46. The molecular weight excluding hydrogens is 397 g/mol. The Kier molecular flexibility index (Phi) is 4.54. The molecule has 0 amide bonds. The fourth-order valence-corrected chi connectivity index (χ4v) is 3.39. The molecule has 3 aromatic rings. The fourth-order valence-electron chi connectivity index (χ4n) is 3.39. The van der Waals surface area contributed by atoms with Gasteiger partial charge in [0.2, 0.25) is 11.8 Å². The van der Waals surface area contributed by atoms with E-state index in [0.29, 0.717) is 23.1 Å². The van der Waals surface area contributed by atoms with E-state index in [0.717, 1.165) is 4.68 Å². The molecule has 1 atom stereocenters. The number of fused-ring (bicyclic) bond motifs is 1. The van der Waals surface area contributed by atoms with Crippen LogP contribution in [0.1, 0.15) is 33.1 Å². The van der Waals surface area contributed by atoms with Crippen LogP contribution in [0.4, 0.5) is 13.2 Å². The summed E-state index contributed by atoms with van der Waals surface area (Å²) in [6.07, 6.45) is -4.19. The average molecular weight is 410 g/mol. The molecule has 2 N–H and O–H groups in total. The van der Waals surface area contributed by atoms with Gasteiger partial charge in [-0.05, 0) is 17.7 Å². The van der Waals surface area contributed by atoms with Gasteiger partial charge in [-0.1, -0.05) is 42.5 Å². The molecule has 1 unspecified atom stereocenters. The van der Waals surface area contributed by atoms with Gasteiger partial charge in [-0.3, -0.25) is 4.79 Å². The maximum absolute atomic E-state index is 13.9. The first-order valence-corrected chi connectivity index (χ1v) is 8.73. The largest absolute Gasteiger partial charge is 0.435 e. The maximum Gasteiger partial charge on any atom is 0.435 e. The van der Waals surface area contributed by atoms with Gasteiger partial charge in [0.15, 0.2) is 5.69 Å². The molecule has 2 heterocycles. The molecule has 0 spiro atoms. The van der Waals surface area contributed by atoms with Gasteiger partial charge in [-0.15, -0.1) is 0 Å². The van der Waals surface area contributed by atoms with Crippen molar-refractivity contribution >= 4 is 6.29 Å². The molecule has 150 valence electrons. The van der Waals surface area contributed by atoms with E-state index in [9.17, 15) is 23.2 Å². The van der Waals surface area contributed by atoms with Gasteiger partial charge in [0.25, 0.3) is 0 Å². The maximum atomic E-state index is 13.9. The van der Waals surface area contributed by atoms with Gasteiger partial charge in [-0.25, -0.2) is 0 Å². The molecule has 0 radical (unpaired) electrons. The molecule has 0 saturated carbocycles. The monoisotopic (exact) mass is 410 g/mol. The summed E-state index contributed by atoms with van der Waals surface area (Å²) >= 11 is 0. The van der Waals surface area contributed by atoms with Gasteiger partial charge >= 0.3 is 6.18 Å². The number of halogens is 3. The summed E-state index contributed by atoms with van der Waals surface area (Å²) in [5.41, 5.74) is 5.29. The zero-order valence-electron chi connectivity index (χ0n) is 15.2. The van der Waals surface area contributed by atoms with Crippen LogP contribution in [-0.2, 0) is 6.18 Å². The molecule has 4 rings (SSSR count). The lowest BCUT2D eigenvalue weighted by atomic mass is 9.83. The predicted molar refractivity (Wildman–Crippen MR) is 99.7 cm³/mol. The van der Waals surface area contributed by atoms with Crippen molar-refractivity contribution < 1.29 is 22.7 Å². The van der Waals surface area contributed by atoms with E-state index >= 15 is 0 Å². The van der Waals surface area contributed by atoms with E-state index in [1.165, 1.54) is 24.3 Å². The third-order valence-electron chi connectivity index (χ3n) is 4.72. The number of nitrogens with two attached hydrogens (primary N) is 1. The Bertz CT molecular complexity index is 1190. The van der Waals surface area contributed by atoms with Crippen LogP contribution in [0.25, 0.3) is 5.69 Å². The van der Waals surface area contributed by atoms with E-state index in [1.807, 2.05) is 6.07 Å².